The minimum atomic E-state index is 0. The smallest absolute Gasteiger partial charge is 0.191 e. The fraction of sp³-hybridized carbons (Fsp3) is 0.720. The molecule has 0 spiro atoms. The van der Waals surface area contributed by atoms with Gasteiger partial charge in [-0.3, -0.25) is 9.89 Å². The Morgan fingerprint density at radius 3 is 2.28 bits per heavy atom. The number of rotatable bonds is 5. The number of benzene rings is 1. The molecule has 6 nitrogen and oxygen atoms in total. The first-order valence-corrected chi connectivity index (χ1v) is 12.1. The second-order valence-electron chi connectivity index (χ2n) is 10.3. The minimum Gasteiger partial charge on any atom is -0.371 e. The fourth-order valence-electron chi connectivity index (χ4n) is 4.46. The molecule has 2 fully saturated rings. The summed E-state index contributed by atoms with van der Waals surface area (Å²) >= 11 is 0. The number of anilines is 1. The Labute approximate surface area is 213 Å². The van der Waals surface area contributed by atoms with Crippen LogP contribution in [0.2, 0.25) is 0 Å². The van der Waals surface area contributed by atoms with Gasteiger partial charge in [0.25, 0.3) is 0 Å². The van der Waals surface area contributed by atoms with E-state index in [9.17, 15) is 0 Å². The molecule has 2 saturated heterocycles. The van der Waals surface area contributed by atoms with Gasteiger partial charge in [-0.05, 0) is 57.0 Å². The molecule has 0 radical (unpaired) electrons. The molecule has 0 saturated carbocycles. The highest BCUT2D eigenvalue weighted by atomic mass is 127. The largest absolute Gasteiger partial charge is 0.371 e. The van der Waals surface area contributed by atoms with Crippen LogP contribution in [0.25, 0.3) is 0 Å². The lowest BCUT2D eigenvalue weighted by molar-refractivity contribution is 0.119. The summed E-state index contributed by atoms with van der Waals surface area (Å²) in [7, 11) is 4.43. The maximum absolute atomic E-state index is 4.94. The molecule has 2 heterocycles. The van der Waals surface area contributed by atoms with Crippen molar-refractivity contribution in [3.8, 4) is 0 Å². The zero-order valence-corrected chi connectivity index (χ0v) is 23.4. The van der Waals surface area contributed by atoms with Crippen LogP contribution in [0.1, 0.15) is 46.1 Å². The first-order valence-electron chi connectivity index (χ1n) is 12.1. The third-order valence-electron chi connectivity index (χ3n) is 6.72. The zero-order valence-electron chi connectivity index (χ0n) is 21.0. The normalized spacial score (nSPS) is 21.9. The highest BCUT2D eigenvalue weighted by molar-refractivity contribution is 14.0. The van der Waals surface area contributed by atoms with Gasteiger partial charge in [0.2, 0.25) is 0 Å². The SMILES string of the molecule is CCNC(=NCC1CN(C)CCN1C)NC1CCN(c2ccc(C(C)(C)C)cc2)CC1.I. The lowest BCUT2D eigenvalue weighted by atomic mass is 9.87. The van der Waals surface area contributed by atoms with Crippen molar-refractivity contribution in [2.24, 2.45) is 4.99 Å². The second kappa shape index (κ2) is 12.4. The maximum Gasteiger partial charge on any atom is 0.191 e. The van der Waals surface area contributed by atoms with Crippen LogP contribution in [-0.2, 0) is 5.41 Å². The molecule has 32 heavy (non-hydrogen) atoms. The van der Waals surface area contributed by atoms with Crippen LogP contribution in [0.15, 0.2) is 29.3 Å². The number of halogens is 1. The Hall–Kier alpha value is -1.06. The fourth-order valence-corrected chi connectivity index (χ4v) is 4.46. The molecule has 7 heteroatoms. The van der Waals surface area contributed by atoms with Gasteiger partial charge < -0.3 is 20.4 Å². The van der Waals surface area contributed by atoms with Gasteiger partial charge in [-0.15, -0.1) is 24.0 Å². The number of hydrogen-bond donors (Lipinski definition) is 2. The van der Waals surface area contributed by atoms with Crippen LogP contribution in [0.5, 0.6) is 0 Å². The van der Waals surface area contributed by atoms with Crippen LogP contribution in [-0.4, -0.2) is 87.8 Å². The molecule has 1 unspecified atom stereocenters. The van der Waals surface area contributed by atoms with E-state index in [1.807, 2.05) is 0 Å². The monoisotopic (exact) mass is 556 g/mol. The number of nitrogens with one attached hydrogen (secondary N) is 2. The first-order chi connectivity index (χ1) is 14.8. The molecular formula is C25H45IN6. The number of piperazine rings is 1. The Kier molecular flexibility index (Phi) is 10.5. The van der Waals surface area contributed by atoms with Gasteiger partial charge in [-0.1, -0.05) is 32.9 Å². The van der Waals surface area contributed by atoms with Crippen molar-refractivity contribution in [1.82, 2.24) is 20.4 Å². The minimum absolute atomic E-state index is 0. The molecule has 0 aliphatic carbocycles. The summed E-state index contributed by atoms with van der Waals surface area (Å²) < 4.78 is 0. The van der Waals surface area contributed by atoms with E-state index >= 15 is 0 Å². The van der Waals surface area contributed by atoms with Crippen molar-refractivity contribution in [1.29, 1.82) is 0 Å². The number of hydrogen-bond acceptors (Lipinski definition) is 4. The van der Waals surface area contributed by atoms with Gasteiger partial charge >= 0.3 is 0 Å². The Bertz CT molecular complexity index is 706. The molecule has 0 amide bonds. The first kappa shape index (κ1) is 27.2. The molecule has 2 aliphatic heterocycles. The van der Waals surface area contributed by atoms with E-state index in [-0.39, 0.29) is 29.4 Å². The quantitative estimate of drug-likeness (QED) is 0.331. The summed E-state index contributed by atoms with van der Waals surface area (Å²) in [6.07, 6.45) is 2.27. The van der Waals surface area contributed by atoms with Gasteiger partial charge in [0.1, 0.15) is 0 Å². The van der Waals surface area contributed by atoms with Crippen LogP contribution >= 0.6 is 24.0 Å². The highest BCUT2D eigenvalue weighted by Gasteiger charge is 2.23. The molecule has 3 rings (SSSR count). The van der Waals surface area contributed by atoms with E-state index in [1.54, 1.807) is 0 Å². The van der Waals surface area contributed by atoms with Gasteiger partial charge in [-0.25, -0.2) is 0 Å². The molecule has 1 aromatic carbocycles. The van der Waals surface area contributed by atoms with E-state index in [0.29, 0.717) is 12.1 Å². The third kappa shape index (κ3) is 7.76. The molecule has 0 aromatic heterocycles. The summed E-state index contributed by atoms with van der Waals surface area (Å²) in [6, 6.07) is 10.1. The summed E-state index contributed by atoms with van der Waals surface area (Å²) in [6.45, 7) is 16.2. The van der Waals surface area contributed by atoms with E-state index < -0.39 is 0 Å². The summed E-state index contributed by atoms with van der Waals surface area (Å²) in [5.41, 5.74) is 2.95. The van der Waals surface area contributed by atoms with Gasteiger partial charge in [0.05, 0.1) is 6.54 Å². The molecular weight excluding hydrogens is 511 g/mol. The van der Waals surface area contributed by atoms with E-state index in [4.69, 9.17) is 4.99 Å². The van der Waals surface area contributed by atoms with Crippen molar-refractivity contribution in [2.45, 2.75) is 58.0 Å². The Balaban J connectivity index is 0.00000363. The number of piperidine rings is 1. The molecule has 0 bridgehead atoms. The lowest BCUT2D eigenvalue weighted by Crippen LogP contribution is -2.52. The van der Waals surface area contributed by atoms with Crippen LogP contribution < -0.4 is 15.5 Å². The van der Waals surface area contributed by atoms with Crippen molar-refractivity contribution in [3.63, 3.8) is 0 Å². The van der Waals surface area contributed by atoms with Gasteiger partial charge in [0, 0.05) is 57.0 Å². The average molecular weight is 557 g/mol. The molecule has 2 N–H and O–H groups in total. The number of nitrogens with zero attached hydrogens (tertiary/aromatic N) is 4. The second-order valence-corrected chi connectivity index (χ2v) is 10.3. The van der Waals surface area contributed by atoms with Gasteiger partial charge in [0.15, 0.2) is 5.96 Å². The molecule has 2 aliphatic rings. The van der Waals surface area contributed by atoms with Crippen molar-refractivity contribution in [3.05, 3.63) is 29.8 Å². The lowest BCUT2D eigenvalue weighted by Gasteiger charge is -2.37. The summed E-state index contributed by atoms with van der Waals surface area (Å²) in [4.78, 5) is 12.3. The van der Waals surface area contributed by atoms with Crippen LogP contribution in [0.3, 0.4) is 0 Å². The Morgan fingerprint density at radius 1 is 1.03 bits per heavy atom. The molecule has 182 valence electrons. The summed E-state index contributed by atoms with van der Waals surface area (Å²) in [5.74, 6) is 0.970. The van der Waals surface area contributed by atoms with Crippen molar-refractivity contribution < 1.29 is 0 Å². The highest BCUT2D eigenvalue weighted by Crippen LogP contribution is 2.26. The number of guanidine groups is 1. The topological polar surface area (TPSA) is 46.1 Å². The predicted molar refractivity (Wildman–Crippen MR) is 149 cm³/mol. The summed E-state index contributed by atoms with van der Waals surface area (Å²) in [5, 5.41) is 7.16. The molecule has 1 aromatic rings. The van der Waals surface area contributed by atoms with E-state index in [0.717, 1.165) is 64.6 Å². The average Bonchev–Trinajstić information content (AvgIpc) is 2.74. The standard InChI is InChI=1S/C25H44N6.HI/c1-7-26-24(27-18-23-19-29(5)16-17-30(23)6)28-21-12-14-31(15-13-21)22-10-8-20(9-11-22)25(2,3)4;/h8-11,21,23H,7,12-19H2,1-6H3,(H2,26,27,28);1H. The van der Waals surface area contributed by atoms with Crippen LogP contribution in [0, 0.1) is 0 Å². The number of aliphatic imine (C=N–C) groups is 1. The molecule has 1 atom stereocenters. The van der Waals surface area contributed by atoms with Crippen molar-refractivity contribution in [2.75, 3.05) is 64.8 Å². The van der Waals surface area contributed by atoms with Crippen molar-refractivity contribution >= 4 is 35.6 Å². The predicted octanol–water partition coefficient (Wildman–Crippen LogP) is 3.37. The zero-order chi connectivity index (χ0) is 22.4. The van der Waals surface area contributed by atoms with E-state index in [2.05, 4.69) is 91.4 Å². The van der Waals surface area contributed by atoms with Gasteiger partial charge in [-0.2, -0.15) is 0 Å². The van der Waals surface area contributed by atoms with E-state index in [1.165, 1.54) is 11.3 Å². The Morgan fingerprint density at radius 2 is 1.69 bits per heavy atom. The number of likely N-dealkylation sites (N-methyl/N-ethyl adjacent to an activating group) is 2. The van der Waals surface area contributed by atoms with Crippen LogP contribution in [0.4, 0.5) is 5.69 Å². The maximum atomic E-state index is 4.94. The third-order valence-corrected chi connectivity index (χ3v) is 6.72.